The van der Waals surface area contributed by atoms with Crippen LogP contribution in [0.25, 0.3) is 10.9 Å². The van der Waals surface area contributed by atoms with Crippen molar-refractivity contribution < 1.29 is 0 Å². The quantitative estimate of drug-likeness (QED) is 0.798. The molecule has 1 N–H and O–H groups in total. The molecule has 1 atom stereocenters. The first kappa shape index (κ1) is 13.2. The van der Waals surface area contributed by atoms with E-state index < -0.39 is 0 Å². The summed E-state index contributed by atoms with van der Waals surface area (Å²) < 4.78 is 0. The average Bonchev–Trinajstić information content (AvgIpc) is 2.86. The van der Waals surface area contributed by atoms with E-state index in [0.717, 1.165) is 16.2 Å². The molecule has 4 heteroatoms. The predicted octanol–water partition coefficient (Wildman–Crippen LogP) is 3.62. The molecule has 20 heavy (non-hydrogen) atoms. The number of fused-ring (bicyclic) bond motifs is 1. The zero-order chi connectivity index (χ0) is 14.1. The van der Waals surface area contributed by atoms with Gasteiger partial charge in [0.15, 0.2) is 0 Å². The SMILES string of the molecule is CNC(c1ccc2nc(C)ccc2c1)c1cnc(C)s1. The minimum absolute atomic E-state index is 0.187. The molecule has 3 aromatic rings. The van der Waals surface area contributed by atoms with Crippen molar-refractivity contribution in [3.63, 3.8) is 0 Å². The van der Waals surface area contributed by atoms with E-state index in [1.165, 1.54) is 15.8 Å². The first-order valence-electron chi connectivity index (χ1n) is 6.64. The third kappa shape index (κ3) is 2.44. The molecule has 0 saturated carbocycles. The summed E-state index contributed by atoms with van der Waals surface area (Å²) >= 11 is 1.73. The minimum atomic E-state index is 0.187. The highest BCUT2D eigenvalue weighted by Crippen LogP contribution is 2.28. The lowest BCUT2D eigenvalue weighted by Gasteiger charge is -2.15. The van der Waals surface area contributed by atoms with E-state index in [-0.39, 0.29) is 6.04 Å². The maximum Gasteiger partial charge on any atom is 0.0897 e. The number of aromatic nitrogens is 2. The molecule has 3 nitrogen and oxygen atoms in total. The standard InChI is InChI=1S/C16H17N3S/c1-10-4-5-12-8-13(6-7-14(12)19-10)16(17-3)15-9-18-11(2)20-15/h4-9,16-17H,1-3H3. The molecule has 2 aromatic heterocycles. The van der Waals surface area contributed by atoms with Crippen LogP contribution in [0.5, 0.6) is 0 Å². The van der Waals surface area contributed by atoms with Gasteiger partial charge >= 0.3 is 0 Å². The minimum Gasteiger partial charge on any atom is -0.309 e. The highest BCUT2D eigenvalue weighted by molar-refractivity contribution is 7.11. The summed E-state index contributed by atoms with van der Waals surface area (Å²) in [4.78, 5) is 10.1. The Kier molecular flexibility index (Phi) is 3.51. The van der Waals surface area contributed by atoms with Crippen molar-refractivity contribution in [1.82, 2.24) is 15.3 Å². The van der Waals surface area contributed by atoms with Crippen LogP contribution in [-0.2, 0) is 0 Å². The molecule has 1 unspecified atom stereocenters. The summed E-state index contributed by atoms with van der Waals surface area (Å²) in [6.07, 6.45) is 1.96. The van der Waals surface area contributed by atoms with Crippen LogP contribution >= 0.6 is 11.3 Å². The van der Waals surface area contributed by atoms with Crippen LogP contribution in [0, 0.1) is 13.8 Å². The number of hydrogen-bond donors (Lipinski definition) is 1. The number of benzene rings is 1. The van der Waals surface area contributed by atoms with E-state index in [4.69, 9.17) is 0 Å². The van der Waals surface area contributed by atoms with Gasteiger partial charge in [0.05, 0.1) is 16.6 Å². The van der Waals surface area contributed by atoms with Gasteiger partial charge in [0.1, 0.15) is 0 Å². The van der Waals surface area contributed by atoms with Gasteiger partial charge in [-0.15, -0.1) is 11.3 Å². The van der Waals surface area contributed by atoms with Gasteiger partial charge in [-0.2, -0.15) is 0 Å². The molecule has 3 rings (SSSR count). The highest BCUT2D eigenvalue weighted by Gasteiger charge is 2.15. The summed E-state index contributed by atoms with van der Waals surface area (Å²) in [5.41, 5.74) is 3.34. The molecule has 0 radical (unpaired) electrons. The number of pyridine rings is 1. The van der Waals surface area contributed by atoms with Crippen LogP contribution in [-0.4, -0.2) is 17.0 Å². The second-order valence-corrected chi connectivity index (χ2v) is 6.17. The Hall–Kier alpha value is -1.78. The van der Waals surface area contributed by atoms with Gasteiger partial charge in [-0.3, -0.25) is 4.98 Å². The van der Waals surface area contributed by atoms with Crippen molar-refractivity contribution in [2.75, 3.05) is 7.05 Å². The van der Waals surface area contributed by atoms with Gasteiger partial charge in [-0.05, 0) is 44.7 Å². The molecule has 0 aliphatic heterocycles. The fraction of sp³-hybridized carbons (Fsp3) is 0.250. The Morgan fingerprint density at radius 2 is 2.00 bits per heavy atom. The molecular formula is C16H17N3S. The van der Waals surface area contributed by atoms with Crippen LogP contribution in [0.2, 0.25) is 0 Å². The smallest absolute Gasteiger partial charge is 0.0897 e. The van der Waals surface area contributed by atoms with Gasteiger partial charge in [-0.25, -0.2) is 4.98 Å². The zero-order valence-electron chi connectivity index (χ0n) is 11.8. The second-order valence-electron chi connectivity index (χ2n) is 4.91. The molecule has 0 amide bonds. The lowest BCUT2D eigenvalue weighted by Crippen LogP contribution is -2.16. The van der Waals surface area contributed by atoms with Crippen molar-refractivity contribution in [1.29, 1.82) is 0 Å². The average molecular weight is 283 g/mol. The van der Waals surface area contributed by atoms with Gasteiger partial charge in [0.25, 0.3) is 0 Å². The Morgan fingerprint density at radius 1 is 1.15 bits per heavy atom. The maximum absolute atomic E-state index is 4.55. The molecule has 0 aliphatic rings. The first-order valence-corrected chi connectivity index (χ1v) is 7.46. The Labute approximate surface area is 122 Å². The van der Waals surface area contributed by atoms with Crippen LogP contribution in [0.4, 0.5) is 0 Å². The highest BCUT2D eigenvalue weighted by atomic mass is 32.1. The monoisotopic (exact) mass is 283 g/mol. The van der Waals surface area contributed by atoms with Crippen molar-refractivity contribution in [3.05, 3.63) is 57.7 Å². The van der Waals surface area contributed by atoms with Crippen molar-refractivity contribution >= 4 is 22.2 Å². The molecule has 1 aromatic carbocycles. The molecule has 102 valence electrons. The lowest BCUT2D eigenvalue weighted by molar-refractivity contribution is 0.703. The predicted molar refractivity (Wildman–Crippen MR) is 84.2 cm³/mol. The number of thiazole rings is 1. The Balaban J connectivity index is 2.05. The van der Waals surface area contributed by atoms with Crippen molar-refractivity contribution in [3.8, 4) is 0 Å². The van der Waals surface area contributed by atoms with Gasteiger partial charge in [0, 0.05) is 22.2 Å². The number of rotatable bonds is 3. The van der Waals surface area contributed by atoms with E-state index >= 15 is 0 Å². The summed E-state index contributed by atoms with van der Waals surface area (Å²) in [7, 11) is 1.98. The summed E-state index contributed by atoms with van der Waals surface area (Å²) in [6.45, 7) is 4.05. The molecule has 0 saturated heterocycles. The second kappa shape index (κ2) is 5.31. The Bertz CT molecular complexity index is 748. The van der Waals surface area contributed by atoms with E-state index in [2.05, 4.69) is 45.6 Å². The number of nitrogens with zero attached hydrogens (tertiary/aromatic N) is 2. The summed E-state index contributed by atoms with van der Waals surface area (Å²) in [6, 6.07) is 10.8. The van der Waals surface area contributed by atoms with E-state index in [9.17, 15) is 0 Å². The number of aryl methyl sites for hydroxylation is 2. The van der Waals surface area contributed by atoms with Gasteiger partial charge < -0.3 is 5.32 Å². The molecular weight excluding hydrogens is 266 g/mol. The van der Waals surface area contributed by atoms with E-state index in [0.29, 0.717) is 0 Å². The zero-order valence-corrected chi connectivity index (χ0v) is 12.7. The first-order chi connectivity index (χ1) is 9.67. The molecule has 0 fully saturated rings. The van der Waals surface area contributed by atoms with Gasteiger partial charge in [-0.1, -0.05) is 12.1 Å². The lowest BCUT2D eigenvalue weighted by atomic mass is 10.0. The molecule has 0 bridgehead atoms. The van der Waals surface area contributed by atoms with Crippen molar-refractivity contribution in [2.24, 2.45) is 0 Å². The summed E-state index contributed by atoms with van der Waals surface area (Å²) in [5, 5.41) is 5.65. The molecule has 0 aliphatic carbocycles. The normalized spacial score (nSPS) is 12.8. The fourth-order valence-electron chi connectivity index (χ4n) is 2.41. The van der Waals surface area contributed by atoms with Crippen LogP contribution in [0.1, 0.15) is 27.2 Å². The van der Waals surface area contributed by atoms with E-state index in [1.54, 1.807) is 11.3 Å². The molecule has 0 spiro atoms. The topological polar surface area (TPSA) is 37.8 Å². The number of nitrogens with one attached hydrogen (secondary N) is 1. The maximum atomic E-state index is 4.55. The Morgan fingerprint density at radius 3 is 2.70 bits per heavy atom. The van der Waals surface area contributed by atoms with Gasteiger partial charge in [0.2, 0.25) is 0 Å². The van der Waals surface area contributed by atoms with Crippen LogP contribution < -0.4 is 5.32 Å². The van der Waals surface area contributed by atoms with E-state index in [1.807, 2.05) is 27.1 Å². The molecule has 2 heterocycles. The number of hydrogen-bond acceptors (Lipinski definition) is 4. The summed E-state index contributed by atoms with van der Waals surface area (Å²) in [5.74, 6) is 0. The van der Waals surface area contributed by atoms with Crippen LogP contribution in [0.3, 0.4) is 0 Å². The third-order valence-electron chi connectivity index (χ3n) is 3.40. The van der Waals surface area contributed by atoms with Crippen molar-refractivity contribution in [2.45, 2.75) is 19.9 Å². The largest absolute Gasteiger partial charge is 0.309 e. The fourth-order valence-corrected chi connectivity index (χ4v) is 3.33. The van der Waals surface area contributed by atoms with Crippen LogP contribution in [0.15, 0.2) is 36.5 Å². The third-order valence-corrected chi connectivity index (χ3v) is 4.38.